The van der Waals surface area contributed by atoms with E-state index in [-0.39, 0.29) is 8.83 Å². The van der Waals surface area contributed by atoms with Crippen LogP contribution in [0.15, 0.2) is 24.3 Å². The Balaban J connectivity index is 2.96. The Morgan fingerprint density at radius 2 is 2.10 bits per heavy atom. The van der Waals surface area contributed by atoms with Crippen LogP contribution < -0.4 is 9.92 Å². The Morgan fingerprint density at radius 3 is 2.60 bits per heavy atom. The highest BCUT2D eigenvalue weighted by molar-refractivity contribution is 7.01. The number of halogens is 1. The molecule has 0 bridgehead atoms. The van der Waals surface area contributed by atoms with Gasteiger partial charge in [-0.2, -0.15) is 11.1 Å². The van der Waals surface area contributed by atoms with Crippen molar-refractivity contribution in [2.45, 2.75) is 0 Å². The van der Waals surface area contributed by atoms with Gasteiger partial charge in [0.2, 0.25) is 8.83 Å². The third-order valence-electron chi connectivity index (χ3n) is 1.21. The van der Waals surface area contributed by atoms with Gasteiger partial charge in [-0.05, 0) is 11.3 Å². The molecule has 0 aromatic heterocycles. The van der Waals surface area contributed by atoms with E-state index in [0.29, 0.717) is 0 Å². The molecule has 0 aliphatic carbocycles. The second-order valence-electron chi connectivity index (χ2n) is 1.79. The first kappa shape index (κ1) is 7.63. The van der Waals surface area contributed by atoms with E-state index in [4.69, 9.17) is 15.8 Å². The minimum absolute atomic E-state index is 0.283. The Hall–Kier alpha value is -0.473. The van der Waals surface area contributed by atoms with Gasteiger partial charge < -0.3 is 4.74 Å². The highest BCUT2D eigenvalue weighted by Gasteiger charge is 1.98. The minimum Gasteiger partial charge on any atom is -0.497 e. The fraction of sp³-hybridized carbons (Fsp3) is 0.143. The topological polar surface area (TPSA) is 9.23 Å². The van der Waals surface area contributed by atoms with Crippen LogP contribution in [0.4, 0.5) is 0 Å². The van der Waals surface area contributed by atoms with Crippen molar-refractivity contribution in [3.8, 4) is 5.75 Å². The average molecular weight is 171 g/mol. The summed E-state index contributed by atoms with van der Waals surface area (Å²) >= 11 is 5.66. The number of para-hydroxylation sites is 1. The molecule has 0 unspecified atom stereocenters. The largest absolute Gasteiger partial charge is 0.497 e. The molecule has 1 aromatic carbocycles. The lowest BCUT2D eigenvalue weighted by atomic mass is 10.3. The molecular weight excluding hydrogens is 164 g/mol. The maximum absolute atomic E-state index is 5.66. The summed E-state index contributed by atoms with van der Waals surface area (Å²) in [6, 6.07) is 7.75. The Kier molecular flexibility index (Phi) is 2.77. The summed E-state index contributed by atoms with van der Waals surface area (Å²) in [6.07, 6.45) is 0. The molecule has 2 radical (unpaired) electrons. The minimum atomic E-state index is 0.283. The first-order chi connectivity index (χ1) is 4.88. The van der Waals surface area contributed by atoms with Crippen LogP contribution >= 0.6 is 11.1 Å². The second-order valence-corrected chi connectivity index (χ2v) is 3.09. The summed E-state index contributed by atoms with van der Waals surface area (Å²) in [5, 5.41) is 1.06. The summed E-state index contributed by atoms with van der Waals surface area (Å²) in [6.45, 7) is 0. The number of methoxy groups -OCH3 is 1. The molecule has 1 nitrogen and oxygen atoms in total. The van der Waals surface area contributed by atoms with Gasteiger partial charge in [-0.15, -0.1) is 0 Å². The van der Waals surface area contributed by atoms with Crippen molar-refractivity contribution in [1.82, 2.24) is 0 Å². The number of hydrogen-bond acceptors (Lipinski definition) is 1. The highest BCUT2D eigenvalue weighted by atomic mass is 35.6. The standard InChI is InChI=1S/C7H7ClOSi/c1-9-6-4-2-3-5-7(6)10-8/h2-5H,1H3. The van der Waals surface area contributed by atoms with Crippen molar-refractivity contribution >= 4 is 25.1 Å². The molecule has 0 heterocycles. The van der Waals surface area contributed by atoms with Crippen LogP contribution in [0.1, 0.15) is 0 Å². The molecule has 0 spiro atoms. The van der Waals surface area contributed by atoms with E-state index in [1.807, 2.05) is 24.3 Å². The lowest BCUT2D eigenvalue weighted by Gasteiger charge is -2.02. The van der Waals surface area contributed by atoms with E-state index >= 15 is 0 Å². The first-order valence-corrected chi connectivity index (χ1v) is 4.89. The number of hydrogen-bond donors (Lipinski definition) is 0. The second kappa shape index (κ2) is 3.64. The smallest absolute Gasteiger partial charge is 0.214 e. The van der Waals surface area contributed by atoms with Gasteiger partial charge in [-0.1, -0.05) is 18.2 Å². The number of rotatable bonds is 2. The SMILES string of the molecule is COc1ccccc1[Si]Cl. The summed E-state index contributed by atoms with van der Waals surface area (Å²) in [5.41, 5.74) is 0. The van der Waals surface area contributed by atoms with E-state index < -0.39 is 0 Å². The fourth-order valence-corrected chi connectivity index (χ4v) is 1.63. The van der Waals surface area contributed by atoms with Gasteiger partial charge >= 0.3 is 0 Å². The van der Waals surface area contributed by atoms with Gasteiger partial charge in [0.25, 0.3) is 0 Å². The van der Waals surface area contributed by atoms with Crippen LogP contribution in [0.2, 0.25) is 0 Å². The van der Waals surface area contributed by atoms with E-state index in [9.17, 15) is 0 Å². The van der Waals surface area contributed by atoms with Gasteiger partial charge in [-0.3, -0.25) is 0 Å². The number of benzene rings is 1. The molecule has 0 N–H and O–H groups in total. The van der Waals surface area contributed by atoms with Crippen LogP contribution in [0, 0.1) is 0 Å². The molecule has 0 amide bonds. The van der Waals surface area contributed by atoms with Gasteiger partial charge in [0.15, 0.2) is 0 Å². The lowest BCUT2D eigenvalue weighted by Crippen LogP contribution is -2.11. The zero-order valence-corrected chi connectivity index (χ0v) is 7.35. The molecule has 52 valence electrons. The van der Waals surface area contributed by atoms with Crippen LogP contribution in [0.25, 0.3) is 0 Å². The van der Waals surface area contributed by atoms with Crippen LogP contribution in [-0.4, -0.2) is 15.9 Å². The number of ether oxygens (including phenoxy) is 1. The van der Waals surface area contributed by atoms with Crippen molar-refractivity contribution < 1.29 is 4.74 Å². The first-order valence-electron chi connectivity index (χ1n) is 2.88. The maximum Gasteiger partial charge on any atom is 0.214 e. The third kappa shape index (κ3) is 1.52. The normalized spacial score (nSPS) is 9.40. The summed E-state index contributed by atoms with van der Waals surface area (Å²) in [7, 11) is 1.93. The molecule has 0 saturated heterocycles. The van der Waals surface area contributed by atoms with Crippen LogP contribution in [-0.2, 0) is 0 Å². The molecule has 0 atom stereocenters. The van der Waals surface area contributed by atoms with Crippen molar-refractivity contribution in [2.75, 3.05) is 7.11 Å². The molecule has 3 heteroatoms. The molecule has 0 aliphatic rings. The zero-order valence-electron chi connectivity index (χ0n) is 5.60. The maximum atomic E-state index is 5.66. The Bertz CT molecular complexity index is 192. The Morgan fingerprint density at radius 1 is 1.40 bits per heavy atom. The van der Waals surface area contributed by atoms with E-state index in [0.717, 1.165) is 10.9 Å². The van der Waals surface area contributed by atoms with Crippen molar-refractivity contribution in [2.24, 2.45) is 0 Å². The average Bonchev–Trinajstić information content (AvgIpc) is 2.04. The van der Waals surface area contributed by atoms with E-state index in [1.54, 1.807) is 7.11 Å². The van der Waals surface area contributed by atoms with Crippen molar-refractivity contribution in [3.05, 3.63) is 24.3 Å². The predicted molar refractivity (Wildman–Crippen MR) is 44.2 cm³/mol. The molecule has 10 heavy (non-hydrogen) atoms. The van der Waals surface area contributed by atoms with Gasteiger partial charge in [0, 0.05) is 0 Å². The van der Waals surface area contributed by atoms with Crippen molar-refractivity contribution in [1.29, 1.82) is 0 Å². The summed E-state index contributed by atoms with van der Waals surface area (Å²) < 4.78 is 5.06. The van der Waals surface area contributed by atoms with Crippen LogP contribution in [0.3, 0.4) is 0 Å². The molecule has 0 fully saturated rings. The summed E-state index contributed by atoms with van der Waals surface area (Å²) in [5.74, 6) is 0.871. The highest BCUT2D eigenvalue weighted by Crippen LogP contribution is 2.04. The van der Waals surface area contributed by atoms with Gasteiger partial charge in [0.1, 0.15) is 5.75 Å². The lowest BCUT2D eigenvalue weighted by molar-refractivity contribution is 0.418. The molecule has 0 aliphatic heterocycles. The third-order valence-corrected chi connectivity index (χ3v) is 2.44. The zero-order chi connectivity index (χ0) is 7.40. The Labute approximate surface area is 67.5 Å². The summed E-state index contributed by atoms with van der Waals surface area (Å²) in [4.78, 5) is 0. The molecule has 1 rings (SSSR count). The molecular formula is C7H7ClOSi. The predicted octanol–water partition coefficient (Wildman–Crippen LogP) is 1.18. The van der Waals surface area contributed by atoms with Gasteiger partial charge in [-0.25, -0.2) is 0 Å². The molecule has 1 aromatic rings. The fourth-order valence-electron chi connectivity index (χ4n) is 0.723. The monoisotopic (exact) mass is 170 g/mol. The quantitative estimate of drug-likeness (QED) is 0.479. The van der Waals surface area contributed by atoms with E-state index in [1.165, 1.54) is 0 Å². The van der Waals surface area contributed by atoms with Gasteiger partial charge in [0.05, 0.1) is 7.11 Å². The van der Waals surface area contributed by atoms with E-state index in [2.05, 4.69) is 0 Å². The van der Waals surface area contributed by atoms with Crippen LogP contribution in [0.5, 0.6) is 5.75 Å². The molecule has 0 saturated carbocycles. The van der Waals surface area contributed by atoms with Crippen molar-refractivity contribution in [3.63, 3.8) is 0 Å².